The van der Waals surface area contributed by atoms with Crippen molar-refractivity contribution in [2.24, 2.45) is 0 Å². The molecule has 3 rings (SSSR count). The van der Waals surface area contributed by atoms with Crippen LogP contribution in [-0.2, 0) is 4.79 Å². The molecule has 0 aromatic heterocycles. The van der Waals surface area contributed by atoms with Crippen LogP contribution in [0.3, 0.4) is 0 Å². The smallest absolute Gasteiger partial charge is 0.352 e. The molecule has 1 aliphatic rings. The highest BCUT2D eigenvalue weighted by Crippen LogP contribution is 2.38. The summed E-state index contributed by atoms with van der Waals surface area (Å²) in [6.45, 7) is 0.103. The molecule has 1 amide bonds. The van der Waals surface area contributed by atoms with Gasteiger partial charge in [-0.15, -0.1) is 0 Å². The fourth-order valence-electron chi connectivity index (χ4n) is 2.73. The fourth-order valence-corrected chi connectivity index (χ4v) is 2.73. The Bertz CT molecular complexity index is 957. The largest absolute Gasteiger partial charge is 0.493 e. The molecule has 1 heterocycles. The van der Waals surface area contributed by atoms with Gasteiger partial charge in [-0.2, -0.15) is 0 Å². The lowest BCUT2D eigenvalue weighted by Gasteiger charge is -2.14. The van der Waals surface area contributed by atoms with E-state index in [4.69, 9.17) is 23.7 Å². The van der Waals surface area contributed by atoms with Crippen LogP contribution in [0, 0.1) is 0 Å². The number of amides is 1. The topological polar surface area (TPSA) is 113 Å². The second-order valence-corrected chi connectivity index (χ2v) is 5.84. The van der Waals surface area contributed by atoms with Crippen molar-refractivity contribution in [3.8, 4) is 28.7 Å². The van der Waals surface area contributed by atoms with E-state index in [-0.39, 0.29) is 29.6 Å². The minimum atomic E-state index is -1.30. The van der Waals surface area contributed by atoms with Crippen LogP contribution < -0.4 is 29.0 Å². The lowest BCUT2D eigenvalue weighted by molar-refractivity contribution is -0.132. The van der Waals surface area contributed by atoms with Crippen molar-refractivity contribution in [2.75, 3.05) is 28.1 Å². The number of ether oxygens (including phenoxy) is 5. The maximum Gasteiger partial charge on any atom is 0.352 e. The summed E-state index contributed by atoms with van der Waals surface area (Å²) in [6, 6.07) is 7.79. The van der Waals surface area contributed by atoms with Crippen LogP contribution in [0.2, 0.25) is 0 Å². The summed E-state index contributed by atoms with van der Waals surface area (Å²) < 4.78 is 26.2. The SMILES string of the molecule is COc1cc(C(=O)N/C(=C/c2ccc3c(c2)OCO3)C(=O)O)cc(OC)c1OC. The van der Waals surface area contributed by atoms with Gasteiger partial charge in [-0.3, -0.25) is 4.79 Å². The van der Waals surface area contributed by atoms with Crippen LogP contribution in [0.1, 0.15) is 15.9 Å². The highest BCUT2D eigenvalue weighted by molar-refractivity contribution is 6.03. The molecule has 0 bridgehead atoms. The van der Waals surface area contributed by atoms with Crippen LogP contribution in [-0.4, -0.2) is 45.1 Å². The van der Waals surface area contributed by atoms with Gasteiger partial charge in [0.25, 0.3) is 5.91 Å². The molecule has 2 aromatic carbocycles. The average molecular weight is 401 g/mol. The van der Waals surface area contributed by atoms with Crippen LogP contribution >= 0.6 is 0 Å². The molecule has 0 unspecified atom stereocenters. The van der Waals surface area contributed by atoms with Gasteiger partial charge in [-0.1, -0.05) is 6.07 Å². The molecule has 9 nitrogen and oxygen atoms in total. The van der Waals surface area contributed by atoms with Crippen LogP contribution in [0.5, 0.6) is 28.7 Å². The first-order chi connectivity index (χ1) is 14.0. The third-order valence-corrected chi connectivity index (χ3v) is 4.11. The Morgan fingerprint density at radius 3 is 2.24 bits per heavy atom. The quantitative estimate of drug-likeness (QED) is 0.680. The summed E-state index contributed by atoms with van der Waals surface area (Å²) in [5.41, 5.74) is 0.344. The van der Waals surface area contributed by atoms with Crippen molar-refractivity contribution in [2.45, 2.75) is 0 Å². The van der Waals surface area contributed by atoms with E-state index >= 15 is 0 Å². The van der Waals surface area contributed by atoms with Gasteiger partial charge < -0.3 is 34.1 Å². The second kappa shape index (κ2) is 8.42. The maximum atomic E-state index is 12.7. The van der Waals surface area contributed by atoms with Gasteiger partial charge in [0.15, 0.2) is 23.0 Å². The molecule has 0 aliphatic carbocycles. The number of benzene rings is 2. The summed E-state index contributed by atoms with van der Waals surface area (Å²) in [7, 11) is 4.28. The molecule has 0 atom stereocenters. The van der Waals surface area contributed by atoms with Crippen molar-refractivity contribution in [3.05, 3.63) is 47.2 Å². The minimum Gasteiger partial charge on any atom is -0.493 e. The third-order valence-electron chi connectivity index (χ3n) is 4.11. The minimum absolute atomic E-state index is 0.103. The van der Waals surface area contributed by atoms with Crippen molar-refractivity contribution < 1.29 is 38.4 Å². The molecule has 0 fully saturated rings. The molecule has 0 radical (unpaired) electrons. The Morgan fingerprint density at radius 1 is 1.00 bits per heavy atom. The zero-order chi connectivity index (χ0) is 21.0. The van der Waals surface area contributed by atoms with E-state index in [0.29, 0.717) is 22.8 Å². The Kier molecular flexibility index (Phi) is 5.77. The summed E-state index contributed by atoms with van der Waals surface area (Å²) in [6.07, 6.45) is 1.32. The van der Waals surface area contributed by atoms with Crippen molar-refractivity contribution in [1.82, 2.24) is 5.32 Å². The van der Waals surface area contributed by atoms with Crippen LogP contribution in [0.25, 0.3) is 6.08 Å². The van der Waals surface area contributed by atoms with E-state index in [1.807, 2.05) is 0 Å². The average Bonchev–Trinajstić information content (AvgIpc) is 3.19. The molecule has 152 valence electrons. The number of methoxy groups -OCH3 is 3. The summed E-state index contributed by atoms with van der Waals surface area (Å²) >= 11 is 0. The Labute approximate surface area is 166 Å². The molecule has 29 heavy (non-hydrogen) atoms. The van der Waals surface area contributed by atoms with Gasteiger partial charge in [0, 0.05) is 5.56 Å². The number of hydrogen-bond donors (Lipinski definition) is 2. The number of carboxylic acid groups (broad SMARTS) is 1. The standard InChI is InChI=1S/C20H19NO8/c1-25-16-8-12(9-17(26-2)18(16)27-3)19(22)21-13(20(23)24)6-11-4-5-14-15(7-11)29-10-28-14/h4-9H,10H2,1-3H3,(H,21,22)(H,23,24)/b13-6+. The van der Waals surface area contributed by atoms with E-state index in [0.717, 1.165) is 0 Å². The predicted octanol–water partition coefficient (Wildman–Crippen LogP) is 2.30. The molecule has 2 aromatic rings. The first-order valence-electron chi connectivity index (χ1n) is 8.42. The highest BCUT2D eigenvalue weighted by atomic mass is 16.7. The lowest BCUT2D eigenvalue weighted by atomic mass is 10.1. The van der Waals surface area contributed by atoms with E-state index < -0.39 is 11.9 Å². The van der Waals surface area contributed by atoms with E-state index in [9.17, 15) is 14.7 Å². The Hall–Kier alpha value is -3.88. The molecule has 0 saturated carbocycles. The molecule has 1 aliphatic heterocycles. The maximum absolute atomic E-state index is 12.7. The predicted molar refractivity (Wildman–Crippen MR) is 102 cm³/mol. The number of aliphatic carboxylic acids is 1. The highest BCUT2D eigenvalue weighted by Gasteiger charge is 2.20. The number of nitrogens with one attached hydrogen (secondary N) is 1. The number of hydrogen-bond acceptors (Lipinski definition) is 7. The Morgan fingerprint density at radius 2 is 1.66 bits per heavy atom. The van der Waals surface area contributed by atoms with Gasteiger partial charge in [0.2, 0.25) is 12.5 Å². The molecular weight excluding hydrogens is 382 g/mol. The first kappa shape index (κ1) is 19.9. The van der Waals surface area contributed by atoms with Crippen molar-refractivity contribution >= 4 is 18.0 Å². The van der Waals surface area contributed by atoms with Crippen LogP contribution in [0.15, 0.2) is 36.0 Å². The molecule has 0 spiro atoms. The summed E-state index contributed by atoms with van der Waals surface area (Å²) in [5, 5.41) is 11.9. The molecule has 2 N–H and O–H groups in total. The normalized spacial score (nSPS) is 12.3. The van der Waals surface area contributed by atoms with E-state index in [2.05, 4.69) is 5.32 Å². The van der Waals surface area contributed by atoms with Gasteiger partial charge in [-0.05, 0) is 35.9 Å². The van der Waals surface area contributed by atoms with E-state index in [1.165, 1.54) is 39.5 Å². The second-order valence-electron chi connectivity index (χ2n) is 5.84. The number of rotatable bonds is 7. The molecule has 0 saturated heterocycles. The van der Waals surface area contributed by atoms with Crippen LogP contribution in [0.4, 0.5) is 0 Å². The summed E-state index contributed by atoms with van der Waals surface area (Å²) in [4.78, 5) is 24.3. The van der Waals surface area contributed by atoms with E-state index in [1.54, 1.807) is 18.2 Å². The van der Waals surface area contributed by atoms with Crippen molar-refractivity contribution in [3.63, 3.8) is 0 Å². The summed E-state index contributed by atoms with van der Waals surface area (Å²) in [5.74, 6) is -0.0230. The number of carbonyl (C=O) groups is 2. The fraction of sp³-hybridized carbons (Fsp3) is 0.200. The zero-order valence-electron chi connectivity index (χ0n) is 16.0. The third kappa shape index (κ3) is 4.18. The van der Waals surface area contributed by atoms with Gasteiger partial charge in [-0.25, -0.2) is 4.79 Å². The Balaban J connectivity index is 1.89. The number of carbonyl (C=O) groups excluding carboxylic acids is 1. The number of carboxylic acids is 1. The monoisotopic (exact) mass is 401 g/mol. The molecular formula is C20H19NO8. The van der Waals surface area contributed by atoms with Gasteiger partial charge >= 0.3 is 5.97 Å². The van der Waals surface area contributed by atoms with Crippen molar-refractivity contribution in [1.29, 1.82) is 0 Å². The van der Waals surface area contributed by atoms with Gasteiger partial charge in [0.05, 0.1) is 21.3 Å². The lowest BCUT2D eigenvalue weighted by Crippen LogP contribution is -2.27. The molecule has 9 heteroatoms. The van der Waals surface area contributed by atoms with Gasteiger partial charge in [0.1, 0.15) is 5.70 Å². The zero-order valence-corrected chi connectivity index (χ0v) is 16.0. The first-order valence-corrected chi connectivity index (χ1v) is 8.42. The number of fused-ring (bicyclic) bond motifs is 1.